The van der Waals surface area contributed by atoms with Gasteiger partial charge < -0.3 is 5.32 Å². The van der Waals surface area contributed by atoms with Gasteiger partial charge in [-0.25, -0.2) is 0 Å². The number of carbonyl (C=O) groups excluding carboxylic acids is 1. The molecule has 1 amide bonds. The van der Waals surface area contributed by atoms with Gasteiger partial charge in [0.15, 0.2) is 0 Å². The largest absolute Gasteiger partial charge is 0.338 e. The van der Waals surface area contributed by atoms with Crippen LogP contribution in [0.15, 0.2) is 24.3 Å². The maximum absolute atomic E-state index is 11.5. The first-order chi connectivity index (χ1) is 7.11. The third-order valence-corrected chi connectivity index (χ3v) is 2.64. The Balaban J connectivity index is 2.40. The summed E-state index contributed by atoms with van der Waals surface area (Å²) in [6.45, 7) is 1.49. The van der Waals surface area contributed by atoms with Gasteiger partial charge in [0.05, 0.1) is 0 Å². The SMILES string of the molecule is C[C@H](C1NC(=O)c2ccccc21)[N+](=O)[O-]. The highest BCUT2D eigenvalue weighted by Gasteiger charge is 2.37. The second-order valence-electron chi connectivity index (χ2n) is 3.56. The molecule has 0 saturated heterocycles. The van der Waals surface area contributed by atoms with Gasteiger partial charge in [-0.2, -0.15) is 0 Å². The Morgan fingerprint density at radius 2 is 2.13 bits per heavy atom. The Bertz CT molecular complexity index is 430. The Morgan fingerprint density at radius 1 is 1.47 bits per heavy atom. The number of nitrogens with one attached hydrogen (secondary N) is 1. The van der Waals surface area contributed by atoms with Crippen molar-refractivity contribution in [2.45, 2.75) is 19.0 Å². The van der Waals surface area contributed by atoms with E-state index in [2.05, 4.69) is 5.32 Å². The smallest absolute Gasteiger partial charge is 0.252 e. The number of fused-ring (bicyclic) bond motifs is 1. The Hall–Kier alpha value is -1.91. The van der Waals surface area contributed by atoms with Crippen LogP contribution >= 0.6 is 0 Å². The van der Waals surface area contributed by atoms with Crippen LogP contribution in [0.5, 0.6) is 0 Å². The van der Waals surface area contributed by atoms with Crippen LogP contribution in [0.1, 0.15) is 28.9 Å². The van der Waals surface area contributed by atoms with Crippen LogP contribution in [0.3, 0.4) is 0 Å². The lowest BCUT2D eigenvalue weighted by atomic mass is 10.0. The van der Waals surface area contributed by atoms with Gasteiger partial charge >= 0.3 is 0 Å². The summed E-state index contributed by atoms with van der Waals surface area (Å²) in [5.41, 5.74) is 1.25. The molecular formula is C10H10N2O3. The molecular weight excluding hydrogens is 196 g/mol. The molecule has 1 unspecified atom stereocenters. The zero-order chi connectivity index (χ0) is 11.0. The van der Waals surface area contributed by atoms with Gasteiger partial charge in [-0.15, -0.1) is 0 Å². The summed E-state index contributed by atoms with van der Waals surface area (Å²) in [4.78, 5) is 21.7. The molecule has 0 aromatic heterocycles. The quantitative estimate of drug-likeness (QED) is 0.582. The van der Waals surface area contributed by atoms with Crippen LogP contribution < -0.4 is 5.32 Å². The molecule has 78 valence electrons. The molecule has 2 atom stereocenters. The van der Waals surface area contributed by atoms with E-state index in [1.54, 1.807) is 24.3 Å². The number of rotatable bonds is 2. The summed E-state index contributed by atoms with van der Waals surface area (Å²) < 4.78 is 0. The number of hydrogen-bond acceptors (Lipinski definition) is 3. The first-order valence-corrected chi connectivity index (χ1v) is 4.64. The molecule has 0 saturated carbocycles. The second kappa shape index (κ2) is 3.34. The predicted octanol–water partition coefficient (Wildman–Crippen LogP) is 1.14. The van der Waals surface area contributed by atoms with E-state index in [1.165, 1.54) is 6.92 Å². The van der Waals surface area contributed by atoms with Crippen molar-refractivity contribution < 1.29 is 9.72 Å². The lowest BCUT2D eigenvalue weighted by Gasteiger charge is -2.12. The van der Waals surface area contributed by atoms with Gasteiger partial charge in [0.1, 0.15) is 6.04 Å². The Labute approximate surface area is 86.2 Å². The number of nitrogens with zero attached hydrogens (tertiary/aromatic N) is 1. The van der Waals surface area contributed by atoms with Gasteiger partial charge in [-0.1, -0.05) is 18.2 Å². The summed E-state index contributed by atoms with van der Waals surface area (Å²) in [7, 11) is 0. The van der Waals surface area contributed by atoms with Gasteiger partial charge in [-0.05, 0) is 11.6 Å². The van der Waals surface area contributed by atoms with Gasteiger partial charge in [0, 0.05) is 17.4 Å². The number of amides is 1. The molecule has 1 heterocycles. The molecule has 1 aromatic rings. The highest BCUT2D eigenvalue weighted by atomic mass is 16.6. The van der Waals surface area contributed by atoms with Crippen LogP contribution in [0, 0.1) is 10.1 Å². The summed E-state index contributed by atoms with van der Waals surface area (Å²) >= 11 is 0. The Morgan fingerprint density at radius 3 is 2.80 bits per heavy atom. The number of carbonyl (C=O) groups is 1. The van der Waals surface area contributed by atoms with Crippen molar-refractivity contribution >= 4 is 5.91 Å². The topological polar surface area (TPSA) is 72.2 Å². The van der Waals surface area contributed by atoms with E-state index in [1.807, 2.05) is 0 Å². The zero-order valence-electron chi connectivity index (χ0n) is 8.14. The maximum Gasteiger partial charge on any atom is 0.252 e. The number of hydrogen-bond donors (Lipinski definition) is 1. The van der Waals surface area contributed by atoms with Crippen molar-refractivity contribution in [3.05, 3.63) is 45.5 Å². The molecule has 0 spiro atoms. The third kappa shape index (κ3) is 1.45. The van der Waals surface area contributed by atoms with Crippen molar-refractivity contribution in [2.24, 2.45) is 0 Å². The molecule has 0 fully saturated rings. The van der Waals surface area contributed by atoms with Crippen LogP contribution in [0.4, 0.5) is 0 Å². The van der Waals surface area contributed by atoms with E-state index in [-0.39, 0.29) is 10.8 Å². The molecule has 1 aliphatic heterocycles. The van der Waals surface area contributed by atoms with Gasteiger partial charge in [0.2, 0.25) is 6.04 Å². The van der Waals surface area contributed by atoms with Crippen molar-refractivity contribution in [2.75, 3.05) is 0 Å². The van der Waals surface area contributed by atoms with E-state index in [0.717, 1.165) is 0 Å². The summed E-state index contributed by atoms with van der Waals surface area (Å²) in [5, 5.41) is 13.3. The standard InChI is InChI=1S/C10H10N2O3/c1-6(12(14)15)9-7-4-2-3-5-8(7)10(13)11-9/h2-6,9H,1H3,(H,11,13)/t6-,9?/m1/s1. The van der Waals surface area contributed by atoms with Gasteiger partial charge in [0.25, 0.3) is 5.91 Å². The highest BCUT2D eigenvalue weighted by molar-refractivity contribution is 5.99. The van der Waals surface area contributed by atoms with Crippen LogP contribution in [0.25, 0.3) is 0 Å². The highest BCUT2D eigenvalue weighted by Crippen LogP contribution is 2.28. The van der Waals surface area contributed by atoms with E-state index in [9.17, 15) is 14.9 Å². The lowest BCUT2D eigenvalue weighted by molar-refractivity contribution is -0.522. The average Bonchev–Trinajstić information content (AvgIpc) is 2.56. The third-order valence-electron chi connectivity index (χ3n) is 2.64. The molecule has 1 aromatic carbocycles. The fourth-order valence-electron chi connectivity index (χ4n) is 1.77. The summed E-state index contributed by atoms with van der Waals surface area (Å²) in [6, 6.07) is 5.63. The average molecular weight is 206 g/mol. The van der Waals surface area contributed by atoms with E-state index in [4.69, 9.17) is 0 Å². The first-order valence-electron chi connectivity index (χ1n) is 4.64. The van der Waals surface area contributed by atoms with Crippen molar-refractivity contribution in [3.63, 3.8) is 0 Å². The second-order valence-corrected chi connectivity index (χ2v) is 3.56. The van der Waals surface area contributed by atoms with Crippen molar-refractivity contribution in [1.82, 2.24) is 5.32 Å². The minimum Gasteiger partial charge on any atom is -0.338 e. The normalized spacial score (nSPS) is 20.6. The van der Waals surface area contributed by atoms with E-state index >= 15 is 0 Å². The lowest BCUT2D eigenvalue weighted by Crippen LogP contribution is -2.32. The fraction of sp³-hybridized carbons (Fsp3) is 0.300. The number of benzene rings is 1. The van der Waals surface area contributed by atoms with Gasteiger partial charge in [-0.3, -0.25) is 14.9 Å². The molecule has 0 aliphatic carbocycles. The molecule has 2 rings (SSSR count). The minimum atomic E-state index is -0.808. The van der Waals surface area contributed by atoms with Crippen LogP contribution in [-0.2, 0) is 0 Å². The molecule has 5 nitrogen and oxygen atoms in total. The summed E-state index contributed by atoms with van der Waals surface area (Å²) in [6.07, 6.45) is 0. The predicted molar refractivity (Wildman–Crippen MR) is 53.1 cm³/mol. The fourth-order valence-corrected chi connectivity index (χ4v) is 1.77. The van der Waals surface area contributed by atoms with E-state index in [0.29, 0.717) is 11.1 Å². The first kappa shape index (κ1) is 9.64. The monoisotopic (exact) mass is 206 g/mol. The zero-order valence-corrected chi connectivity index (χ0v) is 8.14. The van der Waals surface area contributed by atoms with Crippen LogP contribution in [0.2, 0.25) is 0 Å². The van der Waals surface area contributed by atoms with Crippen molar-refractivity contribution in [1.29, 1.82) is 0 Å². The summed E-state index contributed by atoms with van der Waals surface area (Å²) in [5.74, 6) is -0.232. The van der Waals surface area contributed by atoms with E-state index < -0.39 is 12.1 Å². The van der Waals surface area contributed by atoms with Crippen molar-refractivity contribution in [3.8, 4) is 0 Å². The molecule has 0 radical (unpaired) electrons. The minimum absolute atomic E-state index is 0.232. The molecule has 1 N–H and O–H groups in total. The maximum atomic E-state index is 11.5. The number of nitro groups is 1. The molecule has 5 heteroatoms. The molecule has 0 bridgehead atoms. The molecule has 15 heavy (non-hydrogen) atoms. The van der Waals surface area contributed by atoms with Crippen LogP contribution in [-0.4, -0.2) is 16.9 Å². The Kier molecular flexibility index (Phi) is 2.15. The molecule has 1 aliphatic rings.